The number of carbonyl (C=O) groups is 1. The van der Waals surface area contributed by atoms with Gasteiger partial charge >= 0.3 is 5.97 Å². The van der Waals surface area contributed by atoms with E-state index >= 15 is 0 Å². The Kier molecular flexibility index (Phi) is 4.94. The summed E-state index contributed by atoms with van der Waals surface area (Å²) in [5.74, 6) is -0.302. The van der Waals surface area contributed by atoms with Gasteiger partial charge in [0.05, 0.1) is 6.61 Å². The van der Waals surface area contributed by atoms with Crippen molar-refractivity contribution in [3.8, 4) is 0 Å². The van der Waals surface area contributed by atoms with Crippen LogP contribution in [0.1, 0.15) is 27.2 Å². The highest BCUT2D eigenvalue weighted by atomic mass is 16.7. The lowest BCUT2D eigenvalue weighted by Gasteiger charge is -2.11. The molecular formula is C7H14O3. The van der Waals surface area contributed by atoms with Gasteiger partial charge in [0.1, 0.15) is 0 Å². The van der Waals surface area contributed by atoms with E-state index in [-0.39, 0.29) is 5.97 Å². The summed E-state index contributed by atoms with van der Waals surface area (Å²) in [7, 11) is 0. The summed E-state index contributed by atoms with van der Waals surface area (Å²) in [5.41, 5.74) is 0. The Morgan fingerprint density at radius 3 is 2.60 bits per heavy atom. The molecular weight excluding hydrogens is 132 g/mol. The van der Waals surface area contributed by atoms with E-state index in [4.69, 9.17) is 9.47 Å². The first-order chi connectivity index (χ1) is 4.66. The maximum Gasteiger partial charge on any atom is 0.304 e. The molecule has 0 aliphatic carbocycles. The summed E-state index contributed by atoms with van der Waals surface area (Å²) in [6, 6.07) is 0. The van der Waals surface area contributed by atoms with E-state index in [0.717, 1.165) is 6.42 Å². The molecule has 3 nitrogen and oxygen atoms in total. The molecule has 1 unspecified atom stereocenters. The Hall–Kier alpha value is -0.570. The predicted molar refractivity (Wildman–Crippen MR) is 37.5 cm³/mol. The first-order valence-electron chi connectivity index (χ1n) is 3.45. The minimum absolute atomic E-state index is 0.302. The van der Waals surface area contributed by atoms with Gasteiger partial charge in [-0.1, -0.05) is 6.92 Å². The second kappa shape index (κ2) is 5.23. The zero-order chi connectivity index (χ0) is 7.98. The molecule has 1 atom stereocenters. The monoisotopic (exact) mass is 146 g/mol. The first kappa shape index (κ1) is 9.43. The van der Waals surface area contributed by atoms with Crippen LogP contribution in [0.25, 0.3) is 0 Å². The molecule has 3 heteroatoms. The maximum absolute atomic E-state index is 10.3. The number of rotatable bonds is 4. The van der Waals surface area contributed by atoms with Gasteiger partial charge in [-0.2, -0.15) is 0 Å². The van der Waals surface area contributed by atoms with E-state index in [1.807, 2.05) is 6.92 Å². The Labute approximate surface area is 61.3 Å². The normalized spacial score (nSPS) is 12.7. The molecule has 0 N–H and O–H groups in total. The van der Waals surface area contributed by atoms with Crippen LogP contribution in [0.2, 0.25) is 0 Å². The second-order valence-corrected chi connectivity index (χ2v) is 2.05. The summed E-state index contributed by atoms with van der Waals surface area (Å²) in [6.07, 6.45) is 0.531. The van der Waals surface area contributed by atoms with Crippen molar-refractivity contribution in [1.82, 2.24) is 0 Å². The summed E-state index contributed by atoms with van der Waals surface area (Å²) < 4.78 is 9.75. The molecule has 60 valence electrons. The van der Waals surface area contributed by atoms with Crippen LogP contribution in [0.15, 0.2) is 0 Å². The van der Waals surface area contributed by atoms with Gasteiger partial charge in [0.2, 0.25) is 0 Å². The fourth-order valence-corrected chi connectivity index (χ4v) is 0.552. The van der Waals surface area contributed by atoms with E-state index in [9.17, 15) is 4.79 Å². The van der Waals surface area contributed by atoms with Gasteiger partial charge in [-0.15, -0.1) is 0 Å². The van der Waals surface area contributed by atoms with Gasteiger partial charge in [-0.25, -0.2) is 0 Å². The molecule has 0 fully saturated rings. The molecule has 0 spiro atoms. The van der Waals surface area contributed by atoms with Crippen LogP contribution >= 0.6 is 0 Å². The number of esters is 1. The minimum Gasteiger partial charge on any atom is -0.436 e. The van der Waals surface area contributed by atoms with Crippen molar-refractivity contribution in [1.29, 1.82) is 0 Å². The molecule has 0 aromatic carbocycles. The van der Waals surface area contributed by atoms with E-state index in [1.54, 1.807) is 6.92 Å². The average molecular weight is 146 g/mol. The zero-order valence-corrected chi connectivity index (χ0v) is 6.72. The number of ether oxygens (including phenoxy) is 2. The van der Waals surface area contributed by atoms with Crippen molar-refractivity contribution in [3.05, 3.63) is 0 Å². The third-order valence-corrected chi connectivity index (χ3v) is 0.889. The van der Waals surface area contributed by atoms with Crippen LogP contribution in [0.4, 0.5) is 0 Å². The van der Waals surface area contributed by atoms with E-state index < -0.39 is 6.29 Å². The van der Waals surface area contributed by atoms with Crippen molar-refractivity contribution in [2.24, 2.45) is 0 Å². The van der Waals surface area contributed by atoms with Gasteiger partial charge in [0.25, 0.3) is 0 Å². The molecule has 0 rings (SSSR count). The van der Waals surface area contributed by atoms with Gasteiger partial charge in [0, 0.05) is 6.92 Å². The molecule has 0 radical (unpaired) electrons. The van der Waals surface area contributed by atoms with E-state index in [0.29, 0.717) is 6.61 Å². The van der Waals surface area contributed by atoms with Gasteiger partial charge in [0.15, 0.2) is 6.29 Å². The van der Waals surface area contributed by atoms with E-state index in [1.165, 1.54) is 6.92 Å². The molecule has 0 bridgehead atoms. The fourth-order valence-electron chi connectivity index (χ4n) is 0.552. The van der Waals surface area contributed by atoms with Crippen LogP contribution in [-0.2, 0) is 14.3 Å². The standard InChI is InChI=1S/C7H14O3/c1-4-5-9-7(3)10-6(2)8/h7H,4-5H2,1-3H3. The SMILES string of the molecule is CCCOC(C)OC(C)=O. The summed E-state index contributed by atoms with van der Waals surface area (Å²) >= 11 is 0. The molecule has 0 aliphatic heterocycles. The fraction of sp³-hybridized carbons (Fsp3) is 0.857. The molecule has 0 aromatic heterocycles. The zero-order valence-electron chi connectivity index (χ0n) is 6.72. The third kappa shape index (κ3) is 5.56. The Morgan fingerprint density at radius 2 is 2.20 bits per heavy atom. The molecule has 0 aliphatic rings. The maximum atomic E-state index is 10.3. The smallest absolute Gasteiger partial charge is 0.304 e. The van der Waals surface area contributed by atoms with Crippen molar-refractivity contribution in [2.75, 3.05) is 6.61 Å². The second-order valence-electron chi connectivity index (χ2n) is 2.05. The number of hydrogen-bond acceptors (Lipinski definition) is 3. The summed E-state index contributed by atoms with van der Waals surface area (Å²) in [6.45, 7) is 5.71. The molecule has 10 heavy (non-hydrogen) atoms. The van der Waals surface area contributed by atoms with Crippen LogP contribution in [0, 0.1) is 0 Å². The molecule has 0 amide bonds. The van der Waals surface area contributed by atoms with Gasteiger partial charge in [-0.05, 0) is 13.3 Å². The number of hydrogen-bond donors (Lipinski definition) is 0. The van der Waals surface area contributed by atoms with Crippen molar-refractivity contribution in [2.45, 2.75) is 33.5 Å². The highest BCUT2D eigenvalue weighted by Gasteiger charge is 2.02. The first-order valence-corrected chi connectivity index (χ1v) is 3.45. The van der Waals surface area contributed by atoms with Crippen LogP contribution in [0.3, 0.4) is 0 Å². The van der Waals surface area contributed by atoms with Crippen LogP contribution in [0.5, 0.6) is 0 Å². The lowest BCUT2D eigenvalue weighted by atomic mass is 10.5. The highest BCUT2D eigenvalue weighted by molar-refractivity contribution is 5.65. The lowest BCUT2D eigenvalue weighted by molar-refractivity contribution is -0.171. The Balaban J connectivity index is 3.25. The van der Waals surface area contributed by atoms with Gasteiger partial charge < -0.3 is 9.47 Å². The average Bonchev–Trinajstić information content (AvgIpc) is 1.82. The topological polar surface area (TPSA) is 35.5 Å². The molecule has 0 saturated carbocycles. The predicted octanol–water partition coefficient (Wildman–Crippen LogP) is 1.32. The highest BCUT2D eigenvalue weighted by Crippen LogP contribution is 1.94. The number of carbonyl (C=O) groups excluding carboxylic acids is 1. The molecule has 0 aromatic rings. The van der Waals surface area contributed by atoms with Crippen LogP contribution < -0.4 is 0 Å². The lowest BCUT2D eigenvalue weighted by Crippen LogP contribution is -2.16. The molecule has 0 heterocycles. The van der Waals surface area contributed by atoms with Crippen molar-refractivity contribution < 1.29 is 14.3 Å². The van der Waals surface area contributed by atoms with Crippen LogP contribution in [-0.4, -0.2) is 18.9 Å². The van der Waals surface area contributed by atoms with E-state index in [2.05, 4.69) is 0 Å². The van der Waals surface area contributed by atoms with Crippen molar-refractivity contribution in [3.63, 3.8) is 0 Å². The minimum atomic E-state index is -0.405. The molecule has 0 saturated heterocycles. The Bertz CT molecular complexity index is 101. The summed E-state index contributed by atoms with van der Waals surface area (Å²) in [4.78, 5) is 10.3. The third-order valence-electron chi connectivity index (χ3n) is 0.889. The van der Waals surface area contributed by atoms with Crippen molar-refractivity contribution >= 4 is 5.97 Å². The largest absolute Gasteiger partial charge is 0.436 e. The van der Waals surface area contributed by atoms with Gasteiger partial charge in [-0.3, -0.25) is 4.79 Å². The summed E-state index contributed by atoms with van der Waals surface area (Å²) in [5, 5.41) is 0. The quantitative estimate of drug-likeness (QED) is 0.443. The Morgan fingerprint density at radius 1 is 1.60 bits per heavy atom.